The highest BCUT2D eigenvalue weighted by molar-refractivity contribution is 7.18. The van der Waals surface area contributed by atoms with E-state index < -0.39 is 0 Å². The molecule has 0 radical (unpaired) electrons. The number of fused-ring (bicyclic) bond motifs is 3. The van der Waals surface area contributed by atoms with E-state index in [2.05, 4.69) is 15.0 Å². The lowest BCUT2D eigenvalue weighted by Crippen LogP contribution is -2.48. The standard InChI is InChI=1S/C26H27N5O3S/c1-16-21(23(29-34-16)17-7-3-2-4-8-17)26(33)31-13-11-30(12-14-31)15-20-27-24(32)22-18-9-5-6-10-19(18)35-25(22)28-20/h2-4,7-8H,5-6,9-15H2,1H3,(H,27,28,32). The van der Waals surface area contributed by atoms with E-state index in [4.69, 9.17) is 9.51 Å². The molecule has 4 heterocycles. The van der Waals surface area contributed by atoms with Crippen LogP contribution in [0, 0.1) is 6.92 Å². The number of nitrogens with zero attached hydrogens (tertiary/aromatic N) is 4. The van der Waals surface area contributed by atoms with Gasteiger partial charge in [0.25, 0.3) is 11.5 Å². The van der Waals surface area contributed by atoms with Crippen molar-refractivity contribution in [1.29, 1.82) is 0 Å². The maximum atomic E-state index is 13.4. The zero-order chi connectivity index (χ0) is 23.9. The molecule has 1 aliphatic carbocycles. The number of benzene rings is 1. The molecule has 1 fully saturated rings. The summed E-state index contributed by atoms with van der Waals surface area (Å²) in [6.07, 6.45) is 4.37. The van der Waals surface area contributed by atoms with Gasteiger partial charge in [0, 0.05) is 36.6 Å². The van der Waals surface area contributed by atoms with Crippen molar-refractivity contribution in [2.75, 3.05) is 26.2 Å². The average Bonchev–Trinajstić information content (AvgIpc) is 3.45. The summed E-state index contributed by atoms with van der Waals surface area (Å²) in [5.74, 6) is 1.17. The summed E-state index contributed by atoms with van der Waals surface area (Å²) in [5.41, 5.74) is 3.18. The molecule has 9 heteroatoms. The normalized spacial score (nSPS) is 16.5. The number of nitrogens with one attached hydrogen (secondary N) is 1. The number of carbonyl (C=O) groups is 1. The fourth-order valence-electron chi connectivity index (χ4n) is 5.18. The number of hydrogen-bond acceptors (Lipinski definition) is 7. The summed E-state index contributed by atoms with van der Waals surface area (Å²) in [7, 11) is 0. The Hall–Kier alpha value is -3.30. The van der Waals surface area contributed by atoms with Crippen molar-refractivity contribution < 1.29 is 9.32 Å². The van der Waals surface area contributed by atoms with Gasteiger partial charge in [-0.15, -0.1) is 11.3 Å². The van der Waals surface area contributed by atoms with E-state index in [0.29, 0.717) is 55.6 Å². The molecule has 1 saturated heterocycles. The average molecular weight is 490 g/mol. The number of thiophene rings is 1. The predicted octanol–water partition coefficient (Wildman–Crippen LogP) is 3.78. The molecule has 1 aliphatic heterocycles. The Labute approximate surface area is 206 Å². The van der Waals surface area contributed by atoms with Gasteiger partial charge in [-0.1, -0.05) is 35.5 Å². The van der Waals surface area contributed by atoms with Gasteiger partial charge >= 0.3 is 0 Å². The van der Waals surface area contributed by atoms with Crippen LogP contribution in [-0.4, -0.2) is 57.0 Å². The maximum Gasteiger partial charge on any atom is 0.259 e. The van der Waals surface area contributed by atoms with Crippen LogP contribution in [-0.2, 0) is 19.4 Å². The Morgan fingerprint density at radius 1 is 1.11 bits per heavy atom. The third-order valence-electron chi connectivity index (χ3n) is 7.03. The highest BCUT2D eigenvalue weighted by atomic mass is 32.1. The zero-order valence-electron chi connectivity index (χ0n) is 19.7. The molecule has 3 aromatic heterocycles. The molecule has 4 aromatic rings. The summed E-state index contributed by atoms with van der Waals surface area (Å²) in [6.45, 7) is 4.95. The molecule has 6 rings (SSSR count). The molecule has 0 saturated carbocycles. The third kappa shape index (κ3) is 4.08. The summed E-state index contributed by atoms with van der Waals surface area (Å²) in [5, 5.41) is 4.95. The van der Waals surface area contributed by atoms with Gasteiger partial charge in [-0.2, -0.15) is 0 Å². The van der Waals surface area contributed by atoms with Crippen LogP contribution in [0.1, 0.15) is 45.2 Å². The second kappa shape index (κ2) is 9.05. The number of carbonyl (C=O) groups excluding carboxylic acids is 1. The number of rotatable bonds is 4. The van der Waals surface area contributed by atoms with Crippen LogP contribution in [0.25, 0.3) is 21.5 Å². The quantitative estimate of drug-likeness (QED) is 0.469. The molecule has 0 spiro atoms. The first-order valence-corrected chi connectivity index (χ1v) is 13.0. The highest BCUT2D eigenvalue weighted by Gasteiger charge is 2.29. The smallest absolute Gasteiger partial charge is 0.259 e. The minimum absolute atomic E-state index is 0.0189. The number of aromatic amines is 1. The van der Waals surface area contributed by atoms with Crippen molar-refractivity contribution in [3.63, 3.8) is 0 Å². The van der Waals surface area contributed by atoms with Crippen LogP contribution in [0.2, 0.25) is 0 Å². The molecule has 2 aliphatic rings. The molecular weight excluding hydrogens is 462 g/mol. The summed E-state index contributed by atoms with van der Waals surface area (Å²) in [6, 6.07) is 9.64. The topological polar surface area (TPSA) is 95.3 Å². The minimum atomic E-state index is -0.0561. The van der Waals surface area contributed by atoms with E-state index in [1.165, 1.54) is 16.9 Å². The fourth-order valence-corrected chi connectivity index (χ4v) is 6.46. The number of H-pyrrole nitrogens is 1. The van der Waals surface area contributed by atoms with Crippen molar-refractivity contribution in [2.24, 2.45) is 0 Å². The third-order valence-corrected chi connectivity index (χ3v) is 8.22. The van der Waals surface area contributed by atoms with Crippen LogP contribution in [0.4, 0.5) is 0 Å². The first kappa shape index (κ1) is 22.2. The molecule has 0 bridgehead atoms. The van der Waals surface area contributed by atoms with E-state index in [9.17, 15) is 9.59 Å². The highest BCUT2D eigenvalue weighted by Crippen LogP contribution is 2.33. The Morgan fingerprint density at radius 2 is 1.89 bits per heavy atom. The summed E-state index contributed by atoms with van der Waals surface area (Å²) in [4.78, 5) is 40.3. The largest absolute Gasteiger partial charge is 0.360 e. The molecule has 0 atom stereocenters. The molecular formula is C26H27N5O3S. The second-order valence-electron chi connectivity index (χ2n) is 9.30. The monoisotopic (exact) mass is 489 g/mol. The predicted molar refractivity (Wildman–Crippen MR) is 135 cm³/mol. The second-order valence-corrected chi connectivity index (χ2v) is 10.4. The Balaban J connectivity index is 1.15. The molecule has 1 N–H and O–H groups in total. The molecule has 0 unspecified atom stereocenters. The lowest BCUT2D eigenvalue weighted by Gasteiger charge is -2.34. The summed E-state index contributed by atoms with van der Waals surface area (Å²) < 4.78 is 5.39. The summed E-state index contributed by atoms with van der Waals surface area (Å²) >= 11 is 1.68. The van der Waals surface area contributed by atoms with Crippen LogP contribution < -0.4 is 5.56 Å². The van der Waals surface area contributed by atoms with E-state index >= 15 is 0 Å². The minimum Gasteiger partial charge on any atom is -0.360 e. The van der Waals surface area contributed by atoms with Crippen LogP contribution in [0.15, 0.2) is 39.6 Å². The van der Waals surface area contributed by atoms with E-state index in [0.717, 1.165) is 35.0 Å². The van der Waals surface area contributed by atoms with Gasteiger partial charge in [0.1, 0.15) is 27.7 Å². The van der Waals surface area contributed by atoms with Gasteiger partial charge in [0.05, 0.1) is 11.9 Å². The lowest BCUT2D eigenvalue weighted by molar-refractivity contribution is 0.0624. The van der Waals surface area contributed by atoms with E-state index in [1.54, 1.807) is 18.3 Å². The van der Waals surface area contributed by atoms with E-state index in [-0.39, 0.29) is 11.5 Å². The van der Waals surface area contributed by atoms with Crippen molar-refractivity contribution in [3.05, 3.63) is 68.3 Å². The van der Waals surface area contributed by atoms with Crippen molar-refractivity contribution in [2.45, 2.75) is 39.2 Å². The van der Waals surface area contributed by atoms with Crippen molar-refractivity contribution in [3.8, 4) is 11.3 Å². The maximum absolute atomic E-state index is 13.4. The van der Waals surface area contributed by atoms with E-state index in [1.807, 2.05) is 35.2 Å². The number of piperazine rings is 1. The van der Waals surface area contributed by atoms with Gasteiger partial charge < -0.3 is 14.4 Å². The molecule has 180 valence electrons. The van der Waals surface area contributed by atoms with Crippen LogP contribution in [0.3, 0.4) is 0 Å². The molecule has 1 amide bonds. The van der Waals surface area contributed by atoms with Gasteiger partial charge in [0.15, 0.2) is 0 Å². The first-order chi connectivity index (χ1) is 17.1. The molecule has 1 aromatic carbocycles. The van der Waals surface area contributed by atoms with Crippen molar-refractivity contribution in [1.82, 2.24) is 24.9 Å². The van der Waals surface area contributed by atoms with Gasteiger partial charge in [0.2, 0.25) is 0 Å². The SMILES string of the molecule is Cc1onc(-c2ccccc2)c1C(=O)N1CCN(Cc2nc3sc4c(c3c(=O)[nH]2)CCCC4)CC1. The number of aryl methyl sites for hydroxylation is 3. The zero-order valence-corrected chi connectivity index (χ0v) is 20.5. The van der Waals surface area contributed by atoms with Gasteiger partial charge in [-0.25, -0.2) is 4.98 Å². The Kier molecular flexibility index (Phi) is 5.74. The van der Waals surface area contributed by atoms with Crippen molar-refractivity contribution >= 4 is 27.5 Å². The van der Waals surface area contributed by atoms with Crippen LogP contribution >= 0.6 is 11.3 Å². The number of aromatic nitrogens is 3. The Bertz CT molecular complexity index is 1450. The van der Waals surface area contributed by atoms with Gasteiger partial charge in [-0.3, -0.25) is 14.5 Å². The number of amides is 1. The lowest BCUT2D eigenvalue weighted by atomic mass is 9.97. The number of hydrogen-bond donors (Lipinski definition) is 1. The molecule has 35 heavy (non-hydrogen) atoms. The Morgan fingerprint density at radius 3 is 2.69 bits per heavy atom. The van der Waals surface area contributed by atoms with Gasteiger partial charge in [-0.05, 0) is 38.2 Å². The molecule has 8 nitrogen and oxygen atoms in total. The van der Waals surface area contributed by atoms with Crippen LogP contribution in [0.5, 0.6) is 0 Å². The first-order valence-electron chi connectivity index (χ1n) is 12.2. The fraction of sp³-hybridized carbons (Fsp3) is 0.385.